The molecule has 1 unspecified atom stereocenters. The van der Waals surface area contributed by atoms with Crippen LogP contribution in [0.3, 0.4) is 0 Å². The Morgan fingerprint density at radius 1 is 1.24 bits per heavy atom. The van der Waals surface area contributed by atoms with Crippen LogP contribution in [0.2, 0.25) is 0 Å². The van der Waals surface area contributed by atoms with Gasteiger partial charge >= 0.3 is 0 Å². The molecule has 1 amide bonds. The van der Waals surface area contributed by atoms with Crippen LogP contribution in [0.5, 0.6) is 0 Å². The fourth-order valence-electron chi connectivity index (χ4n) is 2.44. The number of hydrogen-bond acceptors (Lipinski definition) is 2. The molecular weight excluding hydrogens is 212 g/mol. The monoisotopic (exact) mass is 232 g/mol. The molecule has 2 rings (SSSR count). The molecule has 2 N–H and O–H groups in total. The quantitative estimate of drug-likeness (QED) is 0.833. The van der Waals surface area contributed by atoms with Gasteiger partial charge in [0.2, 0.25) is 5.91 Å². The summed E-state index contributed by atoms with van der Waals surface area (Å²) in [5, 5.41) is 6.21. The first kappa shape index (κ1) is 12.1. The first-order valence-corrected chi connectivity index (χ1v) is 6.34. The molecule has 0 heterocycles. The second-order valence-electron chi connectivity index (χ2n) is 4.61. The molecule has 0 aromatic heterocycles. The summed E-state index contributed by atoms with van der Waals surface area (Å²) in [6.07, 6.45) is 4.90. The van der Waals surface area contributed by atoms with Crippen molar-refractivity contribution in [1.29, 1.82) is 0 Å². The van der Waals surface area contributed by atoms with E-state index in [2.05, 4.69) is 10.6 Å². The van der Waals surface area contributed by atoms with Gasteiger partial charge in [-0.1, -0.05) is 43.2 Å². The number of benzene rings is 1. The number of amides is 1. The van der Waals surface area contributed by atoms with Gasteiger partial charge in [-0.05, 0) is 18.4 Å². The molecule has 0 aliphatic heterocycles. The van der Waals surface area contributed by atoms with Crippen molar-refractivity contribution in [2.24, 2.45) is 0 Å². The Kier molecular flexibility index (Phi) is 4.15. The van der Waals surface area contributed by atoms with Crippen LogP contribution >= 0.6 is 0 Å². The lowest BCUT2D eigenvalue weighted by atomic mass is 10.0. The first-order chi connectivity index (χ1) is 8.31. The summed E-state index contributed by atoms with van der Waals surface area (Å²) in [5.74, 6) is 0.0445. The van der Waals surface area contributed by atoms with Crippen molar-refractivity contribution in [2.75, 3.05) is 7.05 Å². The summed E-state index contributed by atoms with van der Waals surface area (Å²) < 4.78 is 0. The second kappa shape index (κ2) is 5.82. The number of likely N-dealkylation sites (N-methyl/N-ethyl adjacent to an activating group) is 1. The standard InChI is InChI=1S/C14H20N2O/c1-15-14(17)13(11-7-3-2-4-8-11)16-12-9-5-6-10-12/h2-4,7-8,12-13,16H,5-6,9-10H2,1H3,(H,15,17). The Bertz CT molecular complexity index is 358. The molecule has 1 fully saturated rings. The fourth-order valence-corrected chi connectivity index (χ4v) is 2.44. The third kappa shape index (κ3) is 3.07. The molecule has 1 aromatic rings. The van der Waals surface area contributed by atoms with Crippen molar-refractivity contribution < 1.29 is 4.79 Å². The maximum atomic E-state index is 11.9. The highest BCUT2D eigenvalue weighted by Crippen LogP contribution is 2.22. The van der Waals surface area contributed by atoms with Gasteiger partial charge in [0.1, 0.15) is 6.04 Å². The minimum absolute atomic E-state index is 0.0445. The van der Waals surface area contributed by atoms with E-state index in [9.17, 15) is 4.79 Å². The highest BCUT2D eigenvalue weighted by Gasteiger charge is 2.24. The Morgan fingerprint density at radius 3 is 2.47 bits per heavy atom. The zero-order valence-corrected chi connectivity index (χ0v) is 10.3. The van der Waals surface area contributed by atoms with E-state index in [0.29, 0.717) is 6.04 Å². The van der Waals surface area contributed by atoms with Gasteiger partial charge in [-0.3, -0.25) is 10.1 Å². The minimum atomic E-state index is -0.218. The molecule has 17 heavy (non-hydrogen) atoms. The lowest BCUT2D eigenvalue weighted by molar-refractivity contribution is -0.123. The van der Waals surface area contributed by atoms with E-state index in [0.717, 1.165) is 5.56 Å². The summed E-state index contributed by atoms with van der Waals surface area (Å²) in [6, 6.07) is 10.2. The number of rotatable bonds is 4. The highest BCUT2D eigenvalue weighted by molar-refractivity contribution is 5.82. The van der Waals surface area contributed by atoms with E-state index in [1.54, 1.807) is 7.05 Å². The van der Waals surface area contributed by atoms with Crippen molar-refractivity contribution >= 4 is 5.91 Å². The number of carbonyl (C=O) groups excluding carboxylic acids is 1. The average Bonchev–Trinajstić information content (AvgIpc) is 2.89. The van der Waals surface area contributed by atoms with Crippen LogP contribution in [0.1, 0.15) is 37.3 Å². The highest BCUT2D eigenvalue weighted by atomic mass is 16.2. The van der Waals surface area contributed by atoms with E-state index in [-0.39, 0.29) is 11.9 Å². The normalized spacial score (nSPS) is 17.9. The van der Waals surface area contributed by atoms with E-state index in [1.165, 1.54) is 25.7 Å². The predicted octanol–water partition coefficient (Wildman–Crippen LogP) is 2.01. The van der Waals surface area contributed by atoms with Gasteiger partial charge in [0.15, 0.2) is 0 Å². The van der Waals surface area contributed by atoms with Crippen molar-refractivity contribution in [3.63, 3.8) is 0 Å². The lowest BCUT2D eigenvalue weighted by Gasteiger charge is -2.22. The minimum Gasteiger partial charge on any atom is -0.358 e. The number of nitrogens with one attached hydrogen (secondary N) is 2. The van der Waals surface area contributed by atoms with Gasteiger partial charge < -0.3 is 5.32 Å². The van der Waals surface area contributed by atoms with Crippen LogP contribution in [0.25, 0.3) is 0 Å². The largest absolute Gasteiger partial charge is 0.358 e. The van der Waals surface area contributed by atoms with Gasteiger partial charge in [-0.25, -0.2) is 0 Å². The molecule has 1 aromatic carbocycles. The van der Waals surface area contributed by atoms with E-state index in [4.69, 9.17) is 0 Å². The van der Waals surface area contributed by atoms with Gasteiger partial charge in [-0.15, -0.1) is 0 Å². The lowest BCUT2D eigenvalue weighted by Crippen LogP contribution is -2.40. The molecule has 0 bridgehead atoms. The third-order valence-electron chi connectivity index (χ3n) is 3.40. The van der Waals surface area contributed by atoms with Crippen LogP contribution in [-0.4, -0.2) is 19.0 Å². The topological polar surface area (TPSA) is 41.1 Å². The molecule has 3 heteroatoms. The van der Waals surface area contributed by atoms with Crippen LogP contribution in [0.4, 0.5) is 0 Å². The second-order valence-corrected chi connectivity index (χ2v) is 4.61. The predicted molar refractivity (Wildman–Crippen MR) is 68.6 cm³/mol. The van der Waals surface area contributed by atoms with Crippen LogP contribution in [0.15, 0.2) is 30.3 Å². The zero-order valence-electron chi connectivity index (χ0n) is 10.3. The molecular formula is C14H20N2O. The van der Waals surface area contributed by atoms with E-state index >= 15 is 0 Å². The zero-order chi connectivity index (χ0) is 12.1. The summed E-state index contributed by atoms with van der Waals surface area (Å²) in [4.78, 5) is 11.9. The Balaban J connectivity index is 2.10. The molecule has 1 aliphatic rings. The fraction of sp³-hybridized carbons (Fsp3) is 0.500. The third-order valence-corrected chi connectivity index (χ3v) is 3.40. The molecule has 1 aliphatic carbocycles. The maximum absolute atomic E-state index is 11.9. The molecule has 92 valence electrons. The average molecular weight is 232 g/mol. The van der Waals surface area contributed by atoms with Crippen molar-refractivity contribution in [1.82, 2.24) is 10.6 Å². The van der Waals surface area contributed by atoms with Crippen LogP contribution < -0.4 is 10.6 Å². The first-order valence-electron chi connectivity index (χ1n) is 6.34. The van der Waals surface area contributed by atoms with Crippen molar-refractivity contribution in [3.8, 4) is 0 Å². The van der Waals surface area contributed by atoms with E-state index in [1.807, 2.05) is 30.3 Å². The molecule has 0 spiro atoms. The van der Waals surface area contributed by atoms with Crippen LogP contribution in [0, 0.1) is 0 Å². The maximum Gasteiger partial charge on any atom is 0.241 e. The molecule has 1 saturated carbocycles. The molecule has 0 saturated heterocycles. The van der Waals surface area contributed by atoms with Gasteiger partial charge in [0.05, 0.1) is 0 Å². The van der Waals surface area contributed by atoms with Gasteiger partial charge in [-0.2, -0.15) is 0 Å². The van der Waals surface area contributed by atoms with Gasteiger partial charge in [0, 0.05) is 13.1 Å². The Morgan fingerprint density at radius 2 is 1.88 bits per heavy atom. The molecule has 3 nitrogen and oxygen atoms in total. The SMILES string of the molecule is CNC(=O)C(NC1CCCC1)c1ccccc1. The summed E-state index contributed by atoms with van der Waals surface area (Å²) in [7, 11) is 1.69. The van der Waals surface area contributed by atoms with E-state index < -0.39 is 0 Å². The van der Waals surface area contributed by atoms with Crippen molar-refractivity contribution in [3.05, 3.63) is 35.9 Å². The Hall–Kier alpha value is -1.35. The molecule has 0 radical (unpaired) electrons. The smallest absolute Gasteiger partial charge is 0.241 e. The summed E-state index contributed by atoms with van der Waals surface area (Å²) in [6.45, 7) is 0. The summed E-state index contributed by atoms with van der Waals surface area (Å²) >= 11 is 0. The van der Waals surface area contributed by atoms with Crippen LogP contribution in [-0.2, 0) is 4.79 Å². The van der Waals surface area contributed by atoms with Gasteiger partial charge in [0.25, 0.3) is 0 Å². The number of hydrogen-bond donors (Lipinski definition) is 2. The molecule has 1 atom stereocenters. The summed E-state index contributed by atoms with van der Waals surface area (Å²) in [5.41, 5.74) is 1.04. The number of carbonyl (C=O) groups is 1. The van der Waals surface area contributed by atoms with Crippen molar-refractivity contribution in [2.45, 2.75) is 37.8 Å². The Labute approximate surface area is 103 Å².